The van der Waals surface area contributed by atoms with Gasteiger partial charge in [-0.2, -0.15) is 18.4 Å². The van der Waals surface area contributed by atoms with Crippen LogP contribution in [0, 0.1) is 11.3 Å². The number of benzene rings is 1. The maximum absolute atomic E-state index is 12.5. The zero-order chi connectivity index (χ0) is 13.3. The van der Waals surface area contributed by atoms with Crippen LogP contribution in [0.2, 0.25) is 0 Å². The van der Waals surface area contributed by atoms with Crippen molar-refractivity contribution in [2.75, 3.05) is 17.2 Å². The normalized spacial score (nSPS) is 15.2. The van der Waals surface area contributed by atoms with Crippen molar-refractivity contribution in [2.45, 2.75) is 25.1 Å². The minimum atomic E-state index is -4.24. The van der Waals surface area contributed by atoms with Crippen molar-refractivity contribution < 1.29 is 13.2 Å². The molecule has 1 aromatic carbocycles. The highest BCUT2D eigenvalue weighted by atomic mass is 19.4. The number of hydrogen-bond acceptors (Lipinski definition) is 3. The molecule has 1 aliphatic carbocycles. The lowest BCUT2D eigenvalue weighted by atomic mass is 10.1. The van der Waals surface area contributed by atoms with E-state index >= 15 is 0 Å². The maximum atomic E-state index is 12.5. The molecular weight excluding hydrogens is 243 g/mol. The summed E-state index contributed by atoms with van der Waals surface area (Å²) in [4.78, 5) is 1.30. The van der Waals surface area contributed by atoms with Crippen molar-refractivity contribution >= 4 is 11.4 Å². The van der Waals surface area contributed by atoms with Crippen LogP contribution in [0.25, 0.3) is 0 Å². The fourth-order valence-electron chi connectivity index (χ4n) is 1.84. The Bertz CT molecular complexity index is 486. The van der Waals surface area contributed by atoms with Crippen molar-refractivity contribution in [2.24, 2.45) is 0 Å². The highest BCUT2D eigenvalue weighted by Gasteiger charge is 2.38. The van der Waals surface area contributed by atoms with E-state index < -0.39 is 12.7 Å². The fraction of sp³-hybridized carbons (Fsp3) is 0.417. The van der Waals surface area contributed by atoms with E-state index in [0.717, 1.165) is 12.8 Å². The van der Waals surface area contributed by atoms with Gasteiger partial charge in [-0.05, 0) is 31.0 Å². The predicted octanol–water partition coefficient (Wildman–Crippen LogP) is 2.67. The third-order valence-electron chi connectivity index (χ3n) is 2.82. The van der Waals surface area contributed by atoms with Gasteiger partial charge in [-0.15, -0.1) is 0 Å². The van der Waals surface area contributed by atoms with Crippen LogP contribution in [0.3, 0.4) is 0 Å². The second-order valence-corrected chi connectivity index (χ2v) is 4.36. The van der Waals surface area contributed by atoms with Gasteiger partial charge in [0.15, 0.2) is 0 Å². The molecule has 3 nitrogen and oxygen atoms in total. The van der Waals surface area contributed by atoms with Gasteiger partial charge in [0.2, 0.25) is 0 Å². The third-order valence-corrected chi connectivity index (χ3v) is 2.82. The minimum Gasteiger partial charge on any atom is -0.398 e. The number of nitriles is 1. The number of alkyl halides is 3. The van der Waals surface area contributed by atoms with Crippen LogP contribution in [-0.2, 0) is 0 Å². The first-order chi connectivity index (χ1) is 8.40. The largest absolute Gasteiger partial charge is 0.405 e. The van der Waals surface area contributed by atoms with E-state index in [9.17, 15) is 13.2 Å². The predicted molar refractivity (Wildman–Crippen MR) is 62.0 cm³/mol. The van der Waals surface area contributed by atoms with Crippen LogP contribution in [0.1, 0.15) is 18.4 Å². The summed E-state index contributed by atoms with van der Waals surface area (Å²) in [5.74, 6) is 0. The van der Waals surface area contributed by atoms with Crippen LogP contribution in [0.15, 0.2) is 18.2 Å². The maximum Gasteiger partial charge on any atom is 0.405 e. The topological polar surface area (TPSA) is 53.0 Å². The smallest absolute Gasteiger partial charge is 0.398 e. The Labute approximate surface area is 103 Å². The van der Waals surface area contributed by atoms with Crippen molar-refractivity contribution in [1.29, 1.82) is 5.26 Å². The van der Waals surface area contributed by atoms with E-state index in [1.807, 2.05) is 6.07 Å². The Hall–Kier alpha value is -1.90. The molecule has 6 heteroatoms. The van der Waals surface area contributed by atoms with Gasteiger partial charge in [-0.1, -0.05) is 0 Å². The van der Waals surface area contributed by atoms with E-state index in [0.29, 0.717) is 5.69 Å². The number of anilines is 2. The van der Waals surface area contributed by atoms with Gasteiger partial charge in [-0.3, -0.25) is 0 Å². The minimum absolute atomic E-state index is 0.0704. The first-order valence-electron chi connectivity index (χ1n) is 5.54. The van der Waals surface area contributed by atoms with Gasteiger partial charge in [0.05, 0.1) is 11.3 Å². The van der Waals surface area contributed by atoms with E-state index in [1.54, 1.807) is 0 Å². The molecule has 0 amide bonds. The molecular formula is C12H12F3N3. The fourth-order valence-corrected chi connectivity index (χ4v) is 1.84. The average molecular weight is 255 g/mol. The molecule has 96 valence electrons. The molecule has 1 fully saturated rings. The molecule has 2 N–H and O–H groups in total. The van der Waals surface area contributed by atoms with Gasteiger partial charge in [0, 0.05) is 11.7 Å². The zero-order valence-corrected chi connectivity index (χ0v) is 9.54. The van der Waals surface area contributed by atoms with Crippen LogP contribution in [0.5, 0.6) is 0 Å². The van der Waals surface area contributed by atoms with Crippen LogP contribution in [-0.4, -0.2) is 18.8 Å². The molecule has 1 saturated carbocycles. The van der Waals surface area contributed by atoms with Gasteiger partial charge >= 0.3 is 6.18 Å². The van der Waals surface area contributed by atoms with E-state index in [1.165, 1.54) is 23.1 Å². The van der Waals surface area contributed by atoms with Crippen molar-refractivity contribution in [3.63, 3.8) is 0 Å². The summed E-state index contributed by atoms with van der Waals surface area (Å²) in [6.07, 6.45) is -2.72. The summed E-state index contributed by atoms with van der Waals surface area (Å²) in [7, 11) is 0. The Kier molecular flexibility index (Phi) is 3.07. The highest BCUT2D eigenvalue weighted by Crippen LogP contribution is 2.35. The van der Waals surface area contributed by atoms with Crippen molar-refractivity contribution in [3.05, 3.63) is 23.8 Å². The van der Waals surface area contributed by atoms with Gasteiger partial charge in [0.1, 0.15) is 12.6 Å². The van der Waals surface area contributed by atoms with Crippen LogP contribution < -0.4 is 10.6 Å². The lowest BCUT2D eigenvalue weighted by Gasteiger charge is -2.26. The molecule has 0 heterocycles. The van der Waals surface area contributed by atoms with Crippen molar-refractivity contribution in [1.82, 2.24) is 0 Å². The number of nitrogens with two attached hydrogens (primary N) is 1. The monoisotopic (exact) mass is 255 g/mol. The molecule has 18 heavy (non-hydrogen) atoms. The summed E-state index contributed by atoms with van der Waals surface area (Å²) in [6, 6.07) is 6.22. The molecule has 1 aliphatic rings. The Morgan fingerprint density at radius 3 is 2.50 bits per heavy atom. The molecule has 0 spiro atoms. The summed E-state index contributed by atoms with van der Waals surface area (Å²) < 4.78 is 37.5. The van der Waals surface area contributed by atoms with Crippen LogP contribution >= 0.6 is 0 Å². The highest BCUT2D eigenvalue weighted by molar-refractivity contribution is 5.64. The van der Waals surface area contributed by atoms with Crippen LogP contribution in [0.4, 0.5) is 24.5 Å². The number of halogens is 3. The van der Waals surface area contributed by atoms with Crippen molar-refractivity contribution in [3.8, 4) is 6.07 Å². The molecule has 0 atom stereocenters. The molecule has 0 unspecified atom stereocenters. The second kappa shape index (κ2) is 4.41. The number of rotatable bonds is 3. The number of nitrogens with zero attached hydrogens (tertiary/aromatic N) is 2. The molecule has 0 saturated heterocycles. The molecule has 2 rings (SSSR count). The SMILES string of the molecule is N#Cc1ccc(N(CC(F)(F)F)C2CC2)cc1N. The summed E-state index contributed by atoms with van der Waals surface area (Å²) >= 11 is 0. The van der Waals surface area contributed by atoms with E-state index in [2.05, 4.69) is 0 Å². The average Bonchev–Trinajstić information content (AvgIpc) is 3.08. The molecule has 0 aliphatic heterocycles. The third kappa shape index (κ3) is 2.86. The summed E-state index contributed by atoms with van der Waals surface area (Å²) in [6.45, 7) is -0.983. The molecule has 0 radical (unpaired) electrons. The number of nitrogen functional groups attached to an aromatic ring is 1. The molecule has 0 aromatic heterocycles. The molecule has 0 bridgehead atoms. The van der Waals surface area contributed by atoms with Gasteiger partial charge in [0.25, 0.3) is 0 Å². The lowest BCUT2D eigenvalue weighted by molar-refractivity contribution is -0.120. The zero-order valence-electron chi connectivity index (χ0n) is 9.54. The summed E-state index contributed by atoms with van der Waals surface area (Å²) in [5, 5.41) is 8.73. The quantitative estimate of drug-likeness (QED) is 0.845. The van der Waals surface area contributed by atoms with Gasteiger partial charge < -0.3 is 10.6 Å². The van der Waals surface area contributed by atoms with Gasteiger partial charge in [-0.25, -0.2) is 0 Å². The molecule has 1 aromatic rings. The Morgan fingerprint density at radius 2 is 2.06 bits per heavy atom. The lowest BCUT2D eigenvalue weighted by Crippen LogP contribution is -2.36. The standard InChI is InChI=1S/C12H12F3N3/c13-12(14,15)7-18(9-3-4-9)10-2-1-8(6-16)11(17)5-10/h1-2,5,9H,3-4,7,17H2. The number of hydrogen-bond donors (Lipinski definition) is 1. The van der Waals surface area contributed by atoms with E-state index in [4.69, 9.17) is 11.0 Å². The Balaban J connectivity index is 2.26. The second-order valence-electron chi connectivity index (χ2n) is 4.36. The Morgan fingerprint density at radius 1 is 1.39 bits per heavy atom. The first kappa shape index (κ1) is 12.6. The van der Waals surface area contributed by atoms with E-state index in [-0.39, 0.29) is 17.3 Å². The summed E-state index contributed by atoms with van der Waals surface area (Å²) in [5.41, 5.74) is 6.54. The first-order valence-corrected chi connectivity index (χ1v) is 5.54.